The molecular weight excluding hydrogens is 723 g/mol. The lowest BCUT2D eigenvalue weighted by atomic mass is 10.0. The largest absolute Gasteiger partial charge is 0.456 e. The Balaban J connectivity index is 1.03. The molecule has 57 heavy (non-hydrogen) atoms. The van der Waals surface area contributed by atoms with E-state index in [1.54, 1.807) is 11.3 Å². The monoisotopic (exact) mass is 749 g/mol. The number of thiophene rings is 1. The highest BCUT2D eigenvalue weighted by Gasteiger charge is 2.22. The van der Waals surface area contributed by atoms with E-state index in [0.29, 0.717) is 34.5 Å². The molecule has 5 aromatic heterocycles. The third kappa shape index (κ3) is 5.15. The van der Waals surface area contributed by atoms with Gasteiger partial charge in [-0.15, -0.1) is 11.3 Å². The summed E-state index contributed by atoms with van der Waals surface area (Å²) in [5, 5.41) is 5.30. The van der Waals surface area contributed by atoms with Gasteiger partial charge in [0.05, 0.1) is 0 Å². The summed E-state index contributed by atoms with van der Waals surface area (Å²) in [4.78, 5) is 25.3. The zero-order chi connectivity index (χ0) is 37.5. The van der Waals surface area contributed by atoms with E-state index >= 15 is 0 Å². The van der Waals surface area contributed by atoms with Gasteiger partial charge < -0.3 is 8.83 Å². The van der Waals surface area contributed by atoms with Gasteiger partial charge in [-0.05, 0) is 42.5 Å². The van der Waals surface area contributed by atoms with Crippen molar-refractivity contribution >= 4 is 75.5 Å². The molecule has 7 aromatic carbocycles. The smallest absolute Gasteiger partial charge is 0.180 e. The Labute approximate surface area is 328 Å². The van der Waals surface area contributed by atoms with Gasteiger partial charge in [-0.3, -0.25) is 0 Å². The molecule has 0 aliphatic carbocycles. The molecule has 7 nitrogen and oxygen atoms in total. The van der Waals surface area contributed by atoms with Gasteiger partial charge >= 0.3 is 0 Å². The molecule has 0 radical (unpaired) electrons. The van der Waals surface area contributed by atoms with Crippen LogP contribution in [0, 0.1) is 0 Å². The summed E-state index contributed by atoms with van der Waals surface area (Å²) in [6.07, 6.45) is 0. The van der Waals surface area contributed by atoms with Gasteiger partial charge in [-0.25, -0.2) is 24.9 Å². The number of rotatable bonds is 5. The highest BCUT2D eigenvalue weighted by molar-refractivity contribution is 7.25. The van der Waals surface area contributed by atoms with Gasteiger partial charge in [-0.1, -0.05) is 121 Å². The SMILES string of the molecule is c1ccc(-c2nc(-c3ccccc3)nc(-c3cccc4oc5cc(-c6nc(-c7ccc8c(c7)sc7ccccc78)c7oc8ccccc8c7n6)ccc5c34)n2)cc1. The van der Waals surface area contributed by atoms with E-state index in [1.807, 2.05) is 103 Å². The number of fused-ring (bicyclic) bond motifs is 9. The number of benzene rings is 7. The molecule has 0 aliphatic heterocycles. The topological polar surface area (TPSA) is 90.7 Å². The Bertz CT molecular complexity index is 3480. The summed E-state index contributed by atoms with van der Waals surface area (Å²) in [5.41, 5.74) is 8.89. The van der Waals surface area contributed by atoms with E-state index in [4.69, 9.17) is 33.8 Å². The summed E-state index contributed by atoms with van der Waals surface area (Å²) in [5.74, 6) is 2.36. The molecular formula is C49H27N5O2S. The van der Waals surface area contributed by atoms with Crippen LogP contribution in [-0.4, -0.2) is 24.9 Å². The van der Waals surface area contributed by atoms with Crippen molar-refractivity contribution in [3.8, 4) is 56.8 Å². The number of nitrogens with zero attached hydrogens (tertiary/aromatic N) is 5. The summed E-state index contributed by atoms with van der Waals surface area (Å²) in [6, 6.07) is 55.3. The van der Waals surface area contributed by atoms with Crippen molar-refractivity contribution in [1.82, 2.24) is 24.9 Å². The number of hydrogen-bond donors (Lipinski definition) is 0. The minimum atomic E-state index is 0.570. The molecule has 8 heteroatoms. The van der Waals surface area contributed by atoms with Gasteiger partial charge in [0.2, 0.25) is 0 Å². The molecule has 0 spiro atoms. The fraction of sp³-hybridized carbons (Fsp3) is 0. The van der Waals surface area contributed by atoms with Crippen LogP contribution in [0.5, 0.6) is 0 Å². The molecule has 12 aromatic rings. The van der Waals surface area contributed by atoms with E-state index in [1.165, 1.54) is 20.2 Å². The quantitative estimate of drug-likeness (QED) is 0.173. The Morgan fingerprint density at radius 1 is 0.368 bits per heavy atom. The van der Waals surface area contributed by atoms with Crippen molar-refractivity contribution in [2.45, 2.75) is 0 Å². The van der Waals surface area contributed by atoms with Crippen molar-refractivity contribution in [3.05, 3.63) is 164 Å². The Hall–Kier alpha value is -7.55. The second kappa shape index (κ2) is 12.5. The first-order chi connectivity index (χ1) is 28.2. The summed E-state index contributed by atoms with van der Waals surface area (Å²) < 4.78 is 15.5. The lowest BCUT2D eigenvalue weighted by Crippen LogP contribution is -2.00. The van der Waals surface area contributed by atoms with Crippen molar-refractivity contribution < 1.29 is 8.83 Å². The highest BCUT2D eigenvalue weighted by atomic mass is 32.1. The molecule has 5 heterocycles. The average molecular weight is 750 g/mol. The molecule has 0 unspecified atom stereocenters. The van der Waals surface area contributed by atoms with Crippen LogP contribution in [0.3, 0.4) is 0 Å². The zero-order valence-corrected chi connectivity index (χ0v) is 30.9. The first kappa shape index (κ1) is 31.8. The van der Waals surface area contributed by atoms with Crippen molar-refractivity contribution in [3.63, 3.8) is 0 Å². The zero-order valence-electron chi connectivity index (χ0n) is 30.0. The second-order valence-electron chi connectivity index (χ2n) is 14.0. The molecule has 0 atom stereocenters. The first-order valence-corrected chi connectivity index (χ1v) is 19.5. The molecule has 0 amide bonds. The third-order valence-corrected chi connectivity index (χ3v) is 11.7. The van der Waals surface area contributed by atoms with E-state index in [-0.39, 0.29) is 0 Å². The van der Waals surface area contributed by atoms with Crippen LogP contribution in [0.2, 0.25) is 0 Å². The normalized spacial score (nSPS) is 11.9. The van der Waals surface area contributed by atoms with E-state index < -0.39 is 0 Å². The number of aromatic nitrogens is 5. The Morgan fingerprint density at radius 2 is 1.00 bits per heavy atom. The molecule has 0 aliphatic rings. The molecule has 0 saturated heterocycles. The van der Waals surface area contributed by atoms with Gasteiger partial charge in [0.25, 0.3) is 0 Å². The van der Waals surface area contributed by atoms with E-state index in [2.05, 4.69) is 60.7 Å². The van der Waals surface area contributed by atoms with Crippen LogP contribution in [0.15, 0.2) is 173 Å². The van der Waals surface area contributed by atoms with Crippen LogP contribution in [0.4, 0.5) is 0 Å². The van der Waals surface area contributed by atoms with Gasteiger partial charge in [0, 0.05) is 64.1 Å². The van der Waals surface area contributed by atoms with Crippen molar-refractivity contribution in [2.24, 2.45) is 0 Å². The maximum atomic E-state index is 6.60. The van der Waals surface area contributed by atoms with Crippen LogP contribution in [0.25, 0.3) is 121 Å². The number of hydrogen-bond acceptors (Lipinski definition) is 8. The number of para-hydroxylation sites is 1. The fourth-order valence-electron chi connectivity index (χ4n) is 7.87. The average Bonchev–Trinajstić information content (AvgIpc) is 3.97. The van der Waals surface area contributed by atoms with Crippen LogP contribution >= 0.6 is 11.3 Å². The van der Waals surface area contributed by atoms with Gasteiger partial charge in [-0.2, -0.15) is 0 Å². The second-order valence-corrected chi connectivity index (χ2v) is 15.1. The van der Waals surface area contributed by atoms with Crippen LogP contribution in [-0.2, 0) is 0 Å². The maximum absolute atomic E-state index is 6.60. The molecule has 0 fully saturated rings. The standard InChI is InChI=1S/C49H27N5O2S/c1-3-12-28(13-4-1)46-52-47(29-14-5-2-6-15-29)54-49(53-46)36-18-11-20-38-42(36)34-25-23-31(26-39(34)55-38)48-50-43(45-44(51-48)35-17-7-9-19-37(35)56-45)30-22-24-33-32-16-8-10-21-40(32)57-41(33)27-30/h1-27H. The van der Waals surface area contributed by atoms with Crippen molar-refractivity contribution in [2.75, 3.05) is 0 Å². The van der Waals surface area contributed by atoms with Crippen LogP contribution in [0.1, 0.15) is 0 Å². The Morgan fingerprint density at radius 3 is 1.81 bits per heavy atom. The molecule has 0 bridgehead atoms. The maximum Gasteiger partial charge on any atom is 0.180 e. The minimum absolute atomic E-state index is 0.570. The van der Waals surface area contributed by atoms with E-state index in [9.17, 15) is 0 Å². The third-order valence-electron chi connectivity index (χ3n) is 10.6. The highest BCUT2D eigenvalue weighted by Crippen LogP contribution is 2.41. The lowest BCUT2D eigenvalue weighted by Gasteiger charge is -2.09. The molecule has 0 saturated carbocycles. The first-order valence-electron chi connectivity index (χ1n) is 18.7. The lowest BCUT2D eigenvalue weighted by molar-refractivity contribution is 0.667. The summed E-state index contributed by atoms with van der Waals surface area (Å²) in [7, 11) is 0. The minimum Gasteiger partial charge on any atom is -0.456 e. The van der Waals surface area contributed by atoms with E-state index in [0.717, 1.165) is 66.4 Å². The fourth-order valence-corrected chi connectivity index (χ4v) is 9.01. The summed E-state index contributed by atoms with van der Waals surface area (Å²) >= 11 is 1.78. The van der Waals surface area contributed by atoms with Crippen molar-refractivity contribution in [1.29, 1.82) is 0 Å². The van der Waals surface area contributed by atoms with Gasteiger partial charge in [0.1, 0.15) is 28.0 Å². The molecule has 12 rings (SSSR count). The molecule has 0 N–H and O–H groups in total. The molecule has 266 valence electrons. The number of furan rings is 2. The predicted octanol–water partition coefficient (Wildman–Crippen LogP) is 13.2. The van der Waals surface area contributed by atoms with Crippen LogP contribution < -0.4 is 0 Å². The summed E-state index contributed by atoms with van der Waals surface area (Å²) in [6.45, 7) is 0. The predicted molar refractivity (Wildman–Crippen MR) is 230 cm³/mol. The van der Waals surface area contributed by atoms with Gasteiger partial charge in [0.15, 0.2) is 28.9 Å². The Kier molecular flexibility index (Phi) is 6.96.